The predicted molar refractivity (Wildman–Crippen MR) is 148 cm³/mol. The maximum absolute atomic E-state index is 12.8. The largest absolute Gasteiger partial charge is 0.463 e. The summed E-state index contributed by atoms with van der Waals surface area (Å²) >= 11 is 0.841. The molecule has 1 fully saturated rings. The van der Waals surface area contributed by atoms with Gasteiger partial charge in [-0.1, -0.05) is 42.1 Å². The van der Waals surface area contributed by atoms with E-state index in [0.717, 1.165) is 32.5 Å². The number of esters is 5. The molecule has 0 spiro atoms. The third kappa shape index (κ3) is 8.52. The quantitative estimate of drug-likeness (QED) is 0.282. The van der Waals surface area contributed by atoms with Gasteiger partial charge in [0.1, 0.15) is 23.8 Å². The molecule has 3 rings (SSSR count). The van der Waals surface area contributed by atoms with Gasteiger partial charge in [-0.15, -0.1) is 0 Å². The molecule has 0 aliphatic carbocycles. The normalized spacial score (nSPS) is 21.1. The Morgan fingerprint density at radius 1 is 0.884 bits per heavy atom. The van der Waals surface area contributed by atoms with Crippen LogP contribution >= 0.6 is 11.8 Å². The van der Waals surface area contributed by atoms with Crippen LogP contribution in [0.3, 0.4) is 0 Å². The van der Waals surface area contributed by atoms with Crippen LogP contribution in [0.1, 0.15) is 50.5 Å². The van der Waals surface area contributed by atoms with Crippen molar-refractivity contribution in [3.8, 4) is 17.2 Å². The Kier molecular flexibility index (Phi) is 11.6. The van der Waals surface area contributed by atoms with E-state index < -0.39 is 66.3 Å². The molecule has 0 N–H and O–H groups in total. The van der Waals surface area contributed by atoms with Gasteiger partial charge >= 0.3 is 29.8 Å². The summed E-state index contributed by atoms with van der Waals surface area (Å²) in [5.41, 5.74) is -0.389. The molecule has 1 aliphatic heterocycles. The van der Waals surface area contributed by atoms with E-state index in [1.807, 2.05) is 0 Å². The van der Waals surface area contributed by atoms with Crippen LogP contribution in [0, 0.1) is 11.3 Å². The number of hydrogen-bond donors (Lipinski definition) is 0. The standard InChI is InChI=1S/C29H30N2O11S/c1-6-37-28(36)21-13-31-27(20(12-30)23(21)19-10-8-7-9-11-19)43-29-26(41-18(5)35)25(40-17(4)34)24(39-16(3)33)22(42-29)14-38-15(2)32/h7-11,13,22,24-26,29H,6,14H2,1-5H3/t22-,24+,25+,26-,29+/m1/s1. The Hall–Kier alpha value is -4.48. The number of carbonyl (C=O) groups excluding carboxylic acids is 5. The third-order valence-corrected chi connectivity index (χ3v) is 7.03. The highest BCUT2D eigenvalue weighted by molar-refractivity contribution is 7.99. The Morgan fingerprint density at radius 3 is 2.05 bits per heavy atom. The van der Waals surface area contributed by atoms with Crippen LogP contribution in [0.2, 0.25) is 0 Å². The lowest BCUT2D eigenvalue weighted by molar-refractivity contribution is -0.237. The smallest absolute Gasteiger partial charge is 0.340 e. The zero-order valence-electron chi connectivity index (χ0n) is 24.1. The highest BCUT2D eigenvalue weighted by atomic mass is 32.2. The monoisotopic (exact) mass is 614 g/mol. The van der Waals surface area contributed by atoms with E-state index >= 15 is 0 Å². The van der Waals surface area contributed by atoms with Gasteiger partial charge in [0, 0.05) is 39.5 Å². The fourth-order valence-corrected chi connectivity index (χ4v) is 5.49. The fourth-order valence-electron chi connectivity index (χ4n) is 4.35. The number of pyridine rings is 1. The van der Waals surface area contributed by atoms with E-state index in [0.29, 0.717) is 5.56 Å². The van der Waals surface area contributed by atoms with Crippen molar-refractivity contribution < 1.29 is 52.4 Å². The lowest BCUT2D eigenvalue weighted by Gasteiger charge is -2.44. The molecule has 228 valence electrons. The van der Waals surface area contributed by atoms with Gasteiger partial charge in [0.15, 0.2) is 23.7 Å². The molecule has 1 aromatic heterocycles. The second kappa shape index (κ2) is 15.1. The van der Waals surface area contributed by atoms with Crippen LogP contribution in [0.5, 0.6) is 0 Å². The summed E-state index contributed by atoms with van der Waals surface area (Å²) in [6, 6.07) is 10.8. The molecule has 43 heavy (non-hydrogen) atoms. The average Bonchev–Trinajstić information content (AvgIpc) is 2.94. The molecule has 13 nitrogen and oxygen atoms in total. The van der Waals surface area contributed by atoms with E-state index in [-0.39, 0.29) is 28.3 Å². The van der Waals surface area contributed by atoms with E-state index in [2.05, 4.69) is 11.1 Å². The highest BCUT2D eigenvalue weighted by Gasteiger charge is 2.52. The number of hydrogen-bond acceptors (Lipinski definition) is 14. The van der Waals surface area contributed by atoms with Gasteiger partial charge < -0.3 is 28.4 Å². The number of aromatic nitrogens is 1. The first-order valence-corrected chi connectivity index (χ1v) is 14.0. The number of thioether (sulfide) groups is 1. The van der Waals surface area contributed by atoms with Gasteiger partial charge in [-0.3, -0.25) is 19.2 Å². The number of rotatable bonds is 10. The molecule has 1 aromatic carbocycles. The second-order valence-electron chi connectivity index (χ2n) is 9.11. The van der Waals surface area contributed by atoms with Crippen LogP contribution in [-0.2, 0) is 47.6 Å². The molecule has 1 saturated heterocycles. The third-order valence-electron chi connectivity index (χ3n) is 5.89. The van der Waals surface area contributed by atoms with Gasteiger partial charge in [-0.05, 0) is 12.5 Å². The summed E-state index contributed by atoms with van der Waals surface area (Å²) in [5, 5.41) is 10.4. The Bertz CT molecular complexity index is 1410. The fraction of sp³-hybridized carbons (Fsp3) is 0.414. The van der Waals surface area contributed by atoms with Crippen LogP contribution < -0.4 is 0 Å². The number of carbonyl (C=O) groups is 5. The topological polar surface area (TPSA) is 177 Å². The Balaban J connectivity index is 2.17. The van der Waals surface area contributed by atoms with Gasteiger partial charge in [0.2, 0.25) is 0 Å². The molecule has 2 heterocycles. The summed E-state index contributed by atoms with van der Waals surface area (Å²) in [7, 11) is 0. The summed E-state index contributed by atoms with van der Waals surface area (Å²) in [6.45, 7) is 5.85. The van der Waals surface area contributed by atoms with Gasteiger partial charge in [-0.25, -0.2) is 9.78 Å². The van der Waals surface area contributed by atoms with E-state index in [1.165, 1.54) is 13.1 Å². The summed E-state index contributed by atoms with van der Waals surface area (Å²) in [5.74, 6) is -3.66. The van der Waals surface area contributed by atoms with Crippen molar-refractivity contribution in [2.45, 2.75) is 69.5 Å². The molecule has 0 bridgehead atoms. The summed E-state index contributed by atoms with van der Waals surface area (Å²) in [4.78, 5) is 65.1. The van der Waals surface area contributed by atoms with Crippen molar-refractivity contribution >= 4 is 41.6 Å². The number of ether oxygens (including phenoxy) is 6. The highest BCUT2D eigenvalue weighted by Crippen LogP contribution is 2.40. The molecular weight excluding hydrogens is 584 g/mol. The summed E-state index contributed by atoms with van der Waals surface area (Å²) in [6.07, 6.45) is -4.03. The maximum Gasteiger partial charge on any atom is 0.340 e. The number of nitriles is 1. The van der Waals surface area contributed by atoms with Crippen molar-refractivity contribution in [1.29, 1.82) is 5.26 Å². The Labute approximate surface area is 251 Å². The Morgan fingerprint density at radius 2 is 1.49 bits per heavy atom. The van der Waals surface area contributed by atoms with Crippen molar-refractivity contribution in [2.24, 2.45) is 0 Å². The van der Waals surface area contributed by atoms with Crippen LogP contribution in [-0.4, -0.2) is 77.9 Å². The zero-order chi connectivity index (χ0) is 31.7. The first kappa shape index (κ1) is 33.0. The second-order valence-corrected chi connectivity index (χ2v) is 10.2. The molecule has 0 saturated carbocycles. The van der Waals surface area contributed by atoms with Crippen molar-refractivity contribution in [2.75, 3.05) is 13.2 Å². The lowest BCUT2D eigenvalue weighted by Crippen LogP contribution is -2.61. The first-order valence-electron chi connectivity index (χ1n) is 13.1. The minimum absolute atomic E-state index is 0.00499. The lowest BCUT2D eigenvalue weighted by atomic mass is 9.97. The molecule has 2 aromatic rings. The SMILES string of the molecule is CCOC(=O)c1cnc(S[C@@H]2O[C@H](COC(C)=O)[C@H](OC(C)=O)[C@H](OC(C)=O)[C@H]2OC(C)=O)c(C#N)c1-c1ccccc1. The molecular formula is C29H30N2O11S. The van der Waals surface area contributed by atoms with Gasteiger partial charge in [-0.2, -0.15) is 5.26 Å². The number of nitrogens with zero attached hydrogens (tertiary/aromatic N) is 2. The van der Waals surface area contributed by atoms with E-state index in [4.69, 9.17) is 28.4 Å². The van der Waals surface area contributed by atoms with Crippen LogP contribution in [0.25, 0.3) is 11.1 Å². The van der Waals surface area contributed by atoms with Crippen LogP contribution in [0.4, 0.5) is 0 Å². The minimum atomic E-state index is -1.39. The van der Waals surface area contributed by atoms with E-state index in [1.54, 1.807) is 37.3 Å². The number of benzene rings is 1. The molecule has 0 unspecified atom stereocenters. The molecule has 0 radical (unpaired) electrons. The maximum atomic E-state index is 12.8. The zero-order valence-corrected chi connectivity index (χ0v) is 24.9. The molecule has 1 aliphatic rings. The summed E-state index contributed by atoms with van der Waals surface area (Å²) < 4.78 is 32.8. The van der Waals surface area contributed by atoms with Crippen molar-refractivity contribution in [3.05, 3.63) is 47.7 Å². The van der Waals surface area contributed by atoms with Crippen molar-refractivity contribution in [3.63, 3.8) is 0 Å². The molecule has 5 atom stereocenters. The minimum Gasteiger partial charge on any atom is -0.463 e. The van der Waals surface area contributed by atoms with E-state index in [9.17, 15) is 29.2 Å². The first-order chi connectivity index (χ1) is 20.5. The van der Waals surface area contributed by atoms with Crippen molar-refractivity contribution in [1.82, 2.24) is 4.98 Å². The molecule has 0 amide bonds. The van der Waals surface area contributed by atoms with Gasteiger partial charge in [0.25, 0.3) is 0 Å². The van der Waals surface area contributed by atoms with Crippen LogP contribution in [0.15, 0.2) is 41.6 Å². The van der Waals surface area contributed by atoms with Gasteiger partial charge in [0.05, 0.1) is 17.7 Å². The molecule has 14 heteroatoms. The predicted octanol–water partition coefficient (Wildman–Crippen LogP) is 2.97. The average molecular weight is 615 g/mol.